The maximum Gasteiger partial charge on any atom is 0.410 e. The van der Waals surface area contributed by atoms with Gasteiger partial charge in [-0.3, -0.25) is 0 Å². The second kappa shape index (κ2) is 8.52. The third kappa shape index (κ3) is 3.94. The van der Waals surface area contributed by atoms with Crippen molar-refractivity contribution >= 4 is 6.09 Å². The molecule has 1 amide bonds. The van der Waals surface area contributed by atoms with Gasteiger partial charge in [-0.05, 0) is 30.9 Å². The number of aliphatic hydroxyl groups is 1. The molecule has 0 aliphatic carbocycles. The zero-order valence-corrected chi connectivity index (χ0v) is 17.4. The Labute approximate surface area is 176 Å². The summed E-state index contributed by atoms with van der Waals surface area (Å²) in [6, 6.07) is 13.0. The zero-order chi connectivity index (χ0) is 21.1. The van der Waals surface area contributed by atoms with E-state index in [1.165, 1.54) is 7.11 Å². The molecule has 2 aliphatic heterocycles. The van der Waals surface area contributed by atoms with Crippen LogP contribution in [0.25, 0.3) is 0 Å². The van der Waals surface area contributed by atoms with Crippen molar-refractivity contribution < 1.29 is 24.1 Å². The predicted molar refractivity (Wildman–Crippen MR) is 110 cm³/mol. The number of fused-ring (bicyclic) bond motifs is 2. The van der Waals surface area contributed by atoms with E-state index in [1.54, 1.807) is 13.2 Å². The highest BCUT2D eigenvalue weighted by atomic mass is 16.6. The van der Waals surface area contributed by atoms with Crippen LogP contribution in [0.15, 0.2) is 42.5 Å². The van der Waals surface area contributed by atoms with Crippen LogP contribution < -0.4 is 9.47 Å². The molecule has 7 heteroatoms. The normalized spacial score (nSPS) is 25.5. The molecule has 2 aliphatic rings. The molecule has 1 aromatic carbocycles. The highest BCUT2D eigenvalue weighted by Crippen LogP contribution is 2.46. The summed E-state index contributed by atoms with van der Waals surface area (Å²) in [5, 5.41) is 11.6. The van der Waals surface area contributed by atoms with Crippen molar-refractivity contribution in [3.05, 3.63) is 53.6 Å². The molecule has 160 valence electrons. The van der Waals surface area contributed by atoms with E-state index >= 15 is 0 Å². The average molecular weight is 412 g/mol. The van der Waals surface area contributed by atoms with Crippen molar-refractivity contribution in [2.24, 2.45) is 0 Å². The van der Waals surface area contributed by atoms with E-state index in [0.717, 1.165) is 24.8 Å². The lowest BCUT2D eigenvalue weighted by Gasteiger charge is -2.51. The van der Waals surface area contributed by atoms with Crippen LogP contribution in [-0.2, 0) is 16.9 Å². The van der Waals surface area contributed by atoms with Gasteiger partial charge in [0.2, 0.25) is 11.8 Å². The molecule has 2 atom stereocenters. The summed E-state index contributed by atoms with van der Waals surface area (Å²) in [6.07, 6.45) is 3.25. The maximum absolute atomic E-state index is 12.9. The predicted octanol–water partition coefficient (Wildman–Crippen LogP) is 3.64. The SMILES string of the molecule is COc1ccc(C2(O)CC3CCCC(C2)N3C(=O)OCc2ccccc2)c(OC)n1. The number of nitrogens with zero attached hydrogens (tertiary/aromatic N) is 2. The fraction of sp³-hybridized carbons (Fsp3) is 0.478. The number of benzene rings is 1. The number of aromatic nitrogens is 1. The summed E-state index contributed by atoms with van der Waals surface area (Å²) in [5.41, 5.74) is 0.481. The highest BCUT2D eigenvalue weighted by Gasteiger charge is 2.49. The summed E-state index contributed by atoms with van der Waals surface area (Å²) in [4.78, 5) is 19.1. The van der Waals surface area contributed by atoms with Gasteiger partial charge in [0.1, 0.15) is 6.61 Å². The lowest BCUT2D eigenvalue weighted by molar-refractivity contribution is -0.0906. The summed E-state index contributed by atoms with van der Waals surface area (Å²) >= 11 is 0. The monoisotopic (exact) mass is 412 g/mol. The number of hydrogen-bond donors (Lipinski definition) is 1. The highest BCUT2D eigenvalue weighted by molar-refractivity contribution is 5.69. The van der Waals surface area contributed by atoms with E-state index in [-0.39, 0.29) is 24.8 Å². The van der Waals surface area contributed by atoms with Crippen LogP contribution in [0.5, 0.6) is 11.8 Å². The summed E-state index contributed by atoms with van der Waals surface area (Å²) in [6.45, 7) is 0.246. The van der Waals surface area contributed by atoms with E-state index in [1.807, 2.05) is 41.3 Å². The Morgan fingerprint density at radius 1 is 1.10 bits per heavy atom. The third-order valence-electron chi connectivity index (χ3n) is 6.16. The van der Waals surface area contributed by atoms with Crippen LogP contribution in [0.1, 0.15) is 43.2 Å². The molecule has 2 aromatic rings. The van der Waals surface area contributed by atoms with Gasteiger partial charge < -0.3 is 24.2 Å². The Morgan fingerprint density at radius 3 is 2.43 bits per heavy atom. The topological polar surface area (TPSA) is 81.1 Å². The van der Waals surface area contributed by atoms with Gasteiger partial charge in [0, 0.05) is 36.6 Å². The van der Waals surface area contributed by atoms with Crippen molar-refractivity contribution in [1.29, 1.82) is 0 Å². The molecule has 0 spiro atoms. The molecule has 7 nitrogen and oxygen atoms in total. The van der Waals surface area contributed by atoms with Crippen LogP contribution >= 0.6 is 0 Å². The lowest BCUT2D eigenvalue weighted by atomic mass is 9.73. The Balaban J connectivity index is 1.52. The molecule has 0 saturated carbocycles. The lowest BCUT2D eigenvalue weighted by Crippen LogP contribution is -2.59. The molecule has 2 fully saturated rings. The standard InChI is InChI=1S/C23H28N2O5/c1-28-20-12-11-19(21(24-20)29-2)23(27)13-17-9-6-10-18(14-23)25(17)22(26)30-15-16-7-4-3-5-8-16/h3-5,7-8,11-12,17-18,27H,6,9-10,13-15H2,1-2H3. The summed E-state index contributed by atoms with van der Waals surface area (Å²) < 4.78 is 16.2. The molecule has 2 unspecified atom stereocenters. The first-order valence-electron chi connectivity index (χ1n) is 10.3. The van der Waals surface area contributed by atoms with Crippen molar-refractivity contribution in [2.75, 3.05) is 14.2 Å². The number of methoxy groups -OCH3 is 2. The number of amides is 1. The van der Waals surface area contributed by atoms with E-state index in [2.05, 4.69) is 4.98 Å². The first kappa shape index (κ1) is 20.5. The smallest absolute Gasteiger partial charge is 0.410 e. The van der Waals surface area contributed by atoms with Gasteiger partial charge in [-0.15, -0.1) is 0 Å². The number of rotatable bonds is 5. The second-order valence-corrected chi connectivity index (χ2v) is 8.04. The number of carbonyl (C=O) groups excluding carboxylic acids is 1. The third-order valence-corrected chi connectivity index (χ3v) is 6.16. The molecule has 30 heavy (non-hydrogen) atoms. The van der Waals surface area contributed by atoms with Gasteiger partial charge in [0.15, 0.2) is 0 Å². The zero-order valence-electron chi connectivity index (χ0n) is 17.4. The molecule has 1 N–H and O–H groups in total. The molecule has 2 bridgehead atoms. The van der Waals surface area contributed by atoms with Gasteiger partial charge in [0.05, 0.1) is 19.8 Å². The fourth-order valence-corrected chi connectivity index (χ4v) is 4.79. The Hall–Kier alpha value is -2.80. The average Bonchev–Trinajstić information content (AvgIpc) is 2.77. The number of piperidine rings is 2. The van der Waals surface area contributed by atoms with Crippen LogP contribution in [0.4, 0.5) is 4.79 Å². The van der Waals surface area contributed by atoms with Crippen LogP contribution in [-0.4, -0.2) is 47.4 Å². The molecule has 3 heterocycles. The number of hydrogen-bond acceptors (Lipinski definition) is 6. The van der Waals surface area contributed by atoms with Gasteiger partial charge in [0.25, 0.3) is 0 Å². The molecule has 2 saturated heterocycles. The fourth-order valence-electron chi connectivity index (χ4n) is 4.79. The first-order valence-corrected chi connectivity index (χ1v) is 10.3. The van der Waals surface area contributed by atoms with Gasteiger partial charge in [-0.2, -0.15) is 4.98 Å². The van der Waals surface area contributed by atoms with E-state index in [4.69, 9.17) is 14.2 Å². The number of carbonyl (C=O) groups is 1. The number of pyridine rings is 1. The minimum absolute atomic E-state index is 0.0856. The molecule has 4 rings (SSSR count). The maximum atomic E-state index is 12.9. The van der Waals surface area contributed by atoms with E-state index in [9.17, 15) is 9.90 Å². The van der Waals surface area contributed by atoms with Gasteiger partial charge in [-0.1, -0.05) is 30.3 Å². The minimum atomic E-state index is -1.11. The quantitative estimate of drug-likeness (QED) is 0.808. The second-order valence-electron chi connectivity index (χ2n) is 8.04. The molecule has 1 aromatic heterocycles. The van der Waals surface area contributed by atoms with Crippen molar-refractivity contribution in [2.45, 2.75) is 56.4 Å². The van der Waals surface area contributed by atoms with Crippen LogP contribution in [0.3, 0.4) is 0 Å². The molecular weight excluding hydrogens is 384 g/mol. The van der Waals surface area contributed by atoms with Gasteiger partial charge in [-0.25, -0.2) is 4.79 Å². The Morgan fingerprint density at radius 2 is 1.80 bits per heavy atom. The Kier molecular flexibility index (Phi) is 5.81. The van der Waals surface area contributed by atoms with Crippen LogP contribution in [0, 0.1) is 0 Å². The van der Waals surface area contributed by atoms with Crippen molar-refractivity contribution in [3.63, 3.8) is 0 Å². The summed E-state index contributed by atoms with van der Waals surface area (Å²) in [7, 11) is 3.08. The number of ether oxygens (including phenoxy) is 3. The Bertz CT molecular complexity index is 874. The van der Waals surface area contributed by atoms with Crippen LogP contribution in [0.2, 0.25) is 0 Å². The molecular formula is C23H28N2O5. The summed E-state index contributed by atoms with van der Waals surface area (Å²) in [5.74, 6) is 0.788. The largest absolute Gasteiger partial charge is 0.481 e. The van der Waals surface area contributed by atoms with E-state index in [0.29, 0.717) is 30.2 Å². The van der Waals surface area contributed by atoms with Crippen molar-refractivity contribution in [1.82, 2.24) is 9.88 Å². The minimum Gasteiger partial charge on any atom is -0.481 e. The van der Waals surface area contributed by atoms with E-state index < -0.39 is 5.60 Å². The molecule has 0 radical (unpaired) electrons. The first-order chi connectivity index (χ1) is 14.5. The van der Waals surface area contributed by atoms with Gasteiger partial charge >= 0.3 is 6.09 Å². The van der Waals surface area contributed by atoms with Crippen molar-refractivity contribution in [3.8, 4) is 11.8 Å².